The number of carbonyl (C=O) groups excluding carboxylic acids is 1. The van der Waals surface area contributed by atoms with Gasteiger partial charge < -0.3 is 10.0 Å². The molecule has 1 N–H and O–H groups in total. The molecule has 142 valence electrons. The van der Waals surface area contributed by atoms with Gasteiger partial charge in [-0.05, 0) is 24.8 Å². The van der Waals surface area contributed by atoms with Crippen LogP contribution < -0.4 is 11.2 Å². The van der Waals surface area contributed by atoms with Gasteiger partial charge in [0.1, 0.15) is 12.6 Å². The molecule has 1 saturated heterocycles. The topological polar surface area (TPSA) is 102 Å². The Labute approximate surface area is 155 Å². The summed E-state index contributed by atoms with van der Waals surface area (Å²) >= 11 is 0. The number of likely N-dealkylation sites (tertiary alicyclic amines) is 1. The van der Waals surface area contributed by atoms with E-state index in [4.69, 9.17) is 0 Å². The van der Waals surface area contributed by atoms with Crippen LogP contribution in [-0.4, -0.2) is 43.6 Å². The molecule has 1 unspecified atom stereocenters. The van der Waals surface area contributed by atoms with Crippen LogP contribution in [0.4, 0.5) is 0 Å². The van der Waals surface area contributed by atoms with Crippen molar-refractivity contribution in [2.75, 3.05) is 6.54 Å². The molecule has 8 heteroatoms. The molecular formula is C19H21N3O5. The Balaban J connectivity index is 1.85. The smallest absolute Gasteiger partial charge is 0.331 e. The summed E-state index contributed by atoms with van der Waals surface area (Å²) in [5.74, 6) is -1.59. The molecule has 1 aliphatic rings. The van der Waals surface area contributed by atoms with Gasteiger partial charge in [0.15, 0.2) is 0 Å². The Bertz CT molecular complexity index is 948. The van der Waals surface area contributed by atoms with E-state index in [1.165, 1.54) is 21.7 Å². The highest BCUT2D eigenvalue weighted by molar-refractivity contribution is 5.83. The molecule has 0 spiro atoms. The van der Waals surface area contributed by atoms with Gasteiger partial charge in [0.25, 0.3) is 5.56 Å². The van der Waals surface area contributed by atoms with E-state index < -0.39 is 35.7 Å². The minimum absolute atomic E-state index is 0.273. The Hall–Kier alpha value is -3.16. The van der Waals surface area contributed by atoms with Crippen molar-refractivity contribution in [1.29, 1.82) is 0 Å². The second kappa shape index (κ2) is 8.03. The van der Waals surface area contributed by atoms with Crippen molar-refractivity contribution < 1.29 is 14.7 Å². The lowest BCUT2D eigenvalue weighted by Crippen LogP contribution is -2.51. The Morgan fingerprint density at radius 1 is 1.07 bits per heavy atom. The lowest BCUT2D eigenvalue weighted by atomic mass is 10.0. The lowest BCUT2D eigenvalue weighted by Gasteiger charge is -2.33. The third kappa shape index (κ3) is 4.16. The summed E-state index contributed by atoms with van der Waals surface area (Å²) < 4.78 is 2.22. The van der Waals surface area contributed by atoms with Crippen molar-refractivity contribution in [3.63, 3.8) is 0 Å². The third-order valence-corrected chi connectivity index (χ3v) is 4.74. The number of aliphatic carboxylic acids is 1. The van der Waals surface area contributed by atoms with E-state index in [1.807, 2.05) is 30.3 Å². The van der Waals surface area contributed by atoms with Gasteiger partial charge >= 0.3 is 11.7 Å². The molecule has 0 bridgehead atoms. The minimum atomic E-state index is -1.06. The fourth-order valence-corrected chi connectivity index (χ4v) is 3.32. The molecule has 1 aliphatic heterocycles. The maximum Gasteiger partial charge on any atom is 0.331 e. The van der Waals surface area contributed by atoms with E-state index in [-0.39, 0.29) is 6.54 Å². The van der Waals surface area contributed by atoms with Crippen molar-refractivity contribution in [1.82, 2.24) is 14.0 Å². The summed E-state index contributed by atoms with van der Waals surface area (Å²) in [5, 5.41) is 9.31. The average Bonchev–Trinajstić information content (AvgIpc) is 2.68. The Morgan fingerprint density at radius 2 is 1.81 bits per heavy atom. The molecule has 27 heavy (non-hydrogen) atoms. The van der Waals surface area contributed by atoms with E-state index in [0.29, 0.717) is 19.4 Å². The molecule has 1 aromatic carbocycles. The van der Waals surface area contributed by atoms with Crippen LogP contribution in [-0.2, 0) is 22.7 Å². The van der Waals surface area contributed by atoms with Crippen molar-refractivity contribution in [2.45, 2.75) is 38.4 Å². The van der Waals surface area contributed by atoms with E-state index >= 15 is 0 Å². The molecule has 0 saturated carbocycles. The predicted molar refractivity (Wildman–Crippen MR) is 97.5 cm³/mol. The van der Waals surface area contributed by atoms with E-state index in [2.05, 4.69) is 0 Å². The second-order valence-electron chi connectivity index (χ2n) is 6.57. The number of benzene rings is 1. The van der Waals surface area contributed by atoms with Crippen LogP contribution in [0.3, 0.4) is 0 Å². The number of aromatic nitrogens is 2. The average molecular weight is 371 g/mol. The summed E-state index contributed by atoms with van der Waals surface area (Å²) in [4.78, 5) is 50.1. The van der Waals surface area contributed by atoms with Crippen LogP contribution in [0.1, 0.15) is 24.8 Å². The largest absolute Gasteiger partial charge is 0.480 e. The van der Waals surface area contributed by atoms with E-state index in [0.717, 1.165) is 16.6 Å². The van der Waals surface area contributed by atoms with Gasteiger partial charge in [-0.15, -0.1) is 0 Å². The second-order valence-corrected chi connectivity index (χ2v) is 6.57. The van der Waals surface area contributed by atoms with E-state index in [1.54, 1.807) is 0 Å². The maximum absolute atomic E-state index is 12.7. The van der Waals surface area contributed by atoms with Crippen LogP contribution in [0, 0.1) is 0 Å². The summed E-state index contributed by atoms with van der Waals surface area (Å²) in [6.45, 7) is 0.127. The van der Waals surface area contributed by atoms with Crippen LogP contribution in [0.2, 0.25) is 0 Å². The number of carboxylic acid groups (broad SMARTS) is 1. The van der Waals surface area contributed by atoms with Crippen LogP contribution in [0.5, 0.6) is 0 Å². The monoisotopic (exact) mass is 371 g/mol. The molecule has 1 fully saturated rings. The molecule has 0 aliphatic carbocycles. The van der Waals surface area contributed by atoms with Crippen molar-refractivity contribution in [3.05, 3.63) is 69.0 Å². The van der Waals surface area contributed by atoms with Gasteiger partial charge in [-0.3, -0.25) is 18.7 Å². The standard InChI is InChI=1S/C19H21N3O5/c23-16-9-11-20(12-14-6-2-1-3-7-14)19(27)22(16)13-17(24)21-10-5-4-8-15(21)18(25)26/h1-3,6-7,9,11,15H,4-5,8,10,12-13H2,(H,25,26). The maximum atomic E-state index is 12.7. The fourth-order valence-electron chi connectivity index (χ4n) is 3.32. The van der Waals surface area contributed by atoms with Gasteiger partial charge in [0, 0.05) is 18.8 Å². The summed E-state index contributed by atoms with van der Waals surface area (Å²) in [6, 6.07) is 9.62. The molecule has 1 aromatic heterocycles. The van der Waals surface area contributed by atoms with Crippen molar-refractivity contribution in [2.24, 2.45) is 0 Å². The number of carbonyl (C=O) groups is 2. The zero-order valence-corrected chi connectivity index (χ0v) is 14.8. The highest BCUT2D eigenvalue weighted by Crippen LogP contribution is 2.17. The molecule has 2 heterocycles. The highest BCUT2D eigenvalue weighted by Gasteiger charge is 2.32. The van der Waals surface area contributed by atoms with Gasteiger partial charge in [-0.2, -0.15) is 0 Å². The molecule has 8 nitrogen and oxygen atoms in total. The number of carboxylic acids is 1. The summed E-state index contributed by atoms with van der Waals surface area (Å²) in [7, 11) is 0. The lowest BCUT2D eigenvalue weighted by molar-refractivity contribution is -0.152. The van der Waals surface area contributed by atoms with Crippen LogP contribution in [0.15, 0.2) is 52.2 Å². The third-order valence-electron chi connectivity index (χ3n) is 4.74. The molecule has 1 atom stereocenters. The molecule has 1 amide bonds. The Morgan fingerprint density at radius 3 is 2.52 bits per heavy atom. The molecule has 0 radical (unpaired) electrons. The number of rotatable bonds is 5. The molecular weight excluding hydrogens is 350 g/mol. The van der Waals surface area contributed by atoms with Crippen molar-refractivity contribution in [3.8, 4) is 0 Å². The Kier molecular flexibility index (Phi) is 5.54. The van der Waals surface area contributed by atoms with Gasteiger partial charge in [-0.25, -0.2) is 9.59 Å². The van der Waals surface area contributed by atoms with Crippen LogP contribution >= 0.6 is 0 Å². The number of hydrogen-bond acceptors (Lipinski definition) is 4. The highest BCUT2D eigenvalue weighted by atomic mass is 16.4. The van der Waals surface area contributed by atoms with Crippen LogP contribution in [0.25, 0.3) is 0 Å². The minimum Gasteiger partial charge on any atom is -0.480 e. The van der Waals surface area contributed by atoms with Gasteiger partial charge in [-0.1, -0.05) is 30.3 Å². The first kappa shape index (κ1) is 18.6. The predicted octanol–water partition coefficient (Wildman–Crippen LogP) is 0.524. The first-order valence-corrected chi connectivity index (χ1v) is 8.84. The zero-order chi connectivity index (χ0) is 19.4. The summed E-state index contributed by atoms with van der Waals surface area (Å²) in [6.07, 6.45) is 3.22. The number of nitrogens with zero attached hydrogens (tertiary/aromatic N) is 3. The van der Waals surface area contributed by atoms with Gasteiger partial charge in [0.2, 0.25) is 5.91 Å². The normalized spacial score (nSPS) is 16.9. The van der Waals surface area contributed by atoms with E-state index in [9.17, 15) is 24.3 Å². The molecule has 3 rings (SSSR count). The number of piperidine rings is 1. The van der Waals surface area contributed by atoms with Gasteiger partial charge in [0.05, 0.1) is 6.54 Å². The first-order chi connectivity index (χ1) is 13.0. The number of hydrogen-bond donors (Lipinski definition) is 1. The summed E-state index contributed by atoms with van der Waals surface area (Å²) in [5.41, 5.74) is -0.289. The molecule has 2 aromatic rings. The fraction of sp³-hybridized carbons (Fsp3) is 0.368. The first-order valence-electron chi connectivity index (χ1n) is 8.84. The van der Waals surface area contributed by atoms with Crippen molar-refractivity contribution >= 4 is 11.9 Å². The quantitative estimate of drug-likeness (QED) is 0.826. The SMILES string of the molecule is O=C(O)C1CCCCN1C(=O)Cn1c(=O)ccn(Cc2ccccc2)c1=O. The number of amides is 1. The zero-order valence-electron chi connectivity index (χ0n) is 14.8.